The molecule has 0 spiro atoms. The SMILES string of the molecule is COc1cc([C@H]2C3=CCn4c(=O)n(C)c(=O)n4[C@@H]3C[C@@]3(C)C(=O)C(C)=C(C)C(=O)[C@@]23C)cc(I)c1O. The van der Waals surface area contributed by atoms with E-state index in [1.165, 1.54) is 23.5 Å². The van der Waals surface area contributed by atoms with E-state index in [0.717, 1.165) is 10.1 Å². The molecule has 1 aromatic carbocycles. The van der Waals surface area contributed by atoms with Crippen molar-refractivity contribution in [3.8, 4) is 11.5 Å². The van der Waals surface area contributed by atoms with Gasteiger partial charge >= 0.3 is 11.4 Å². The van der Waals surface area contributed by atoms with Crippen molar-refractivity contribution in [2.45, 2.75) is 52.6 Å². The van der Waals surface area contributed by atoms with Crippen LogP contribution in [-0.4, -0.2) is 37.7 Å². The number of carbonyl (C=O) groups is 2. The Morgan fingerprint density at radius 1 is 1.06 bits per heavy atom. The molecule has 36 heavy (non-hydrogen) atoms. The maximum Gasteiger partial charge on any atom is 0.347 e. The molecule has 2 aromatic rings. The number of hydrogen-bond donors (Lipinski definition) is 1. The van der Waals surface area contributed by atoms with Gasteiger partial charge in [0.1, 0.15) is 0 Å². The molecule has 1 saturated carbocycles. The molecule has 1 aliphatic heterocycles. The Hall–Kier alpha value is -2.89. The minimum atomic E-state index is -1.16. The lowest BCUT2D eigenvalue weighted by Gasteiger charge is -2.58. The molecule has 0 amide bonds. The molecule has 2 heterocycles. The summed E-state index contributed by atoms with van der Waals surface area (Å²) in [6.07, 6.45) is 2.11. The molecule has 0 unspecified atom stereocenters. The van der Waals surface area contributed by atoms with Crippen LogP contribution in [-0.2, 0) is 23.2 Å². The lowest BCUT2D eigenvalue weighted by molar-refractivity contribution is -0.151. The number of phenolic OH excluding ortho intramolecular Hbond substituents is 1. The number of rotatable bonds is 2. The summed E-state index contributed by atoms with van der Waals surface area (Å²) in [6, 6.07) is 2.90. The first-order valence-corrected chi connectivity index (χ1v) is 12.8. The average molecular weight is 605 g/mol. The molecule has 3 aliphatic rings. The second kappa shape index (κ2) is 7.80. The van der Waals surface area contributed by atoms with E-state index in [-0.39, 0.29) is 36.0 Å². The van der Waals surface area contributed by atoms with Crippen molar-refractivity contribution in [2.75, 3.05) is 7.11 Å². The number of halogens is 1. The summed E-state index contributed by atoms with van der Waals surface area (Å²) in [6.45, 7) is 7.19. The second-order valence-corrected chi connectivity index (χ2v) is 11.6. The lowest BCUT2D eigenvalue weighted by atomic mass is 9.43. The monoisotopic (exact) mass is 605 g/mol. The third-order valence-corrected chi connectivity index (χ3v) is 9.73. The first kappa shape index (κ1) is 24.8. The van der Waals surface area contributed by atoms with E-state index >= 15 is 0 Å². The van der Waals surface area contributed by atoms with Gasteiger partial charge in [0.25, 0.3) is 0 Å². The van der Waals surface area contributed by atoms with Crippen molar-refractivity contribution in [3.63, 3.8) is 0 Å². The molecule has 0 saturated heterocycles. The Morgan fingerprint density at radius 3 is 2.33 bits per heavy atom. The van der Waals surface area contributed by atoms with Gasteiger partial charge in [-0.15, -0.1) is 0 Å². The summed E-state index contributed by atoms with van der Waals surface area (Å²) in [5.74, 6) is -0.593. The van der Waals surface area contributed by atoms with E-state index in [9.17, 15) is 24.3 Å². The predicted octanol–water partition coefficient (Wildman–Crippen LogP) is 2.84. The number of hydrogen-bond acceptors (Lipinski definition) is 6. The molecule has 1 aromatic heterocycles. The van der Waals surface area contributed by atoms with Crippen molar-refractivity contribution in [3.05, 3.63) is 65.0 Å². The second-order valence-electron chi connectivity index (χ2n) is 10.4. The van der Waals surface area contributed by atoms with Gasteiger partial charge in [-0.25, -0.2) is 23.5 Å². The molecule has 1 N–H and O–H groups in total. The van der Waals surface area contributed by atoms with Crippen LogP contribution >= 0.6 is 22.6 Å². The first-order chi connectivity index (χ1) is 16.8. The largest absolute Gasteiger partial charge is 0.504 e. The van der Waals surface area contributed by atoms with Crippen molar-refractivity contribution in [2.24, 2.45) is 17.9 Å². The van der Waals surface area contributed by atoms with Crippen LogP contribution in [0.3, 0.4) is 0 Å². The highest BCUT2D eigenvalue weighted by atomic mass is 127. The number of ether oxygens (including phenoxy) is 1. The number of methoxy groups -OCH3 is 1. The lowest BCUT2D eigenvalue weighted by Crippen LogP contribution is -2.61. The van der Waals surface area contributed by atoms with Crippen molar-refractivity contribution in [1.82, 2.24) is 13.9 Å². The van der Waals surface area contributed by atoms with E-state index in [1.807, 2.05) is 35.6 Å². The first-order valence-electron chi connectivity index (χ1n) is 11.7. The number of benzene rings is 1. The molecule has 10 heteroatoms. The van der Waals surface area contributed by atoms with Crippen LogP contribution in [0.15, 0.2) is 44.5 Å². The number of carbonyl (C=O) groups excluding carboxylic acids is 2. The van der Waals surface area contributed by atoms with Gasteiger partial charge in [0.05, 0.1) is 28.7 Å². The van der Waals surface area contributed by atoms with Gasteiger partial charge in [0, 0.05) is 18.4 Å². The van der Waals surface area contributed by atoms with Gasteiger partial charge in [-0.2, -0.15) is 0 Å². The summed E-state index contributed by atoms with van der Waals surface area (Å²) in [5, 5.41) is 10.5. The Bertz CT molecular complexity index is 1560. The molecular weight excluding hydrogens is 577 g/mol. The van der Waals surface area contributed by atoms with Crippen LogP contribution in [0.4, 0.5) is 0 Å². The van der Waals surface area contributed by atoms with Gasteiger partial charge in [0.2, 0.25) is 0 Å². The molecule has 190 valence electrons. The van der Waals surface area contributed by atoms with Crippen LogP contribution < -0.4 is 16.1 Å². The fourth-order valence-corrected chi connectivity index (χ4v) is 7.23. The van der Waals surface area contributed by atoms with Gasteiger partial charge in [-0.3, -0.25) is 9.59 Å². The molecule has 5 rings (SSSR count). The third-order valence-electron chi connectivity index (χ3n) is 8.91. The minimum absolute atomic E-state index is 0.00849. The van der Waals surface area contributed by atoms with E-state index < -0.39 is 34.2 Å². The highest BCUT2D eigenvalue weighted by molar-refractivity contribution is 14.1. The maximum absolute atomic E-state index is 14.1. The highest BCUT2D eigenvalue weighted by Crippen LogP contribution is 2.66. The topological polar surface area (TPSA) is 113 Å². The summed E-state index contributed by atoms with van der Waals surface area (Å²) in [7, 11) is 2.89. The fourth-order valence-electron chi connectivity index (χ4n) is 6.60. The zero-order valence-corrected chi connectivity index (χ0v) is 23.2. The summed E-state index contributed by atoms with van der Waals surface area (Å²) >= 11 is 2.01. The Labute approximate surface area is 221 Å². The Balaban J connectivity index is 1.88. The molecule has 0 bridgehead atoms. The zero-order valence-electron chi connectivity index (χ0n) is 21.0. The standard InChI is InChI=1S/C26H28IN3O6/c1-12-13(2)22(33)26(4)19(14-9-16(27)20(31)18(10-14)36-6)15-7-8-29-23(34)28(5)24(35)30(29)17(15)11-25(26,3)21(12)32/h7,9-10,17,19,31H,8,11H2,1-6H3/t17-,19+,25+,26-/m1/s1. The molecule has 0 radical (unpaired) electrons. The zero-order chi connectivity index (χ0) is 26.5. The number of Topliss-reactive ketones (excluding diaryl/α,β-unsaturated/α-hetero) is 2. The predicted molar refractivity (Wildman–Crippen MR) is 140 cm³/mol. The van der Waals surface area contributed by atoms with Crippen LogP contribution in [0.1, 0.15) is 51.6 Å². The van der Waals surface area contributed by atoms with E-state index in [0.29, 0.717) is 20.3 Å². The number of ketones is 2. The van der Waals surface area contributed by atoms with Gasteiger partial charge in [0.15, 0.2) is 23.1 Å². The molecule has 9 nitrogen and oxygen atoms in total. The molecule has 1 fully saturated rings. The van der Waals surface area contributed by atoms with Crippen molar-refractivity contribution >= 4 is 34.2 Å². The molecular formula is C26H28IN3O6. The van der Waals surface area contributed by atoms with E-state index in [1.54, 1.807) is 32.9 Å². The number of aromatic hydroxyl groups is 1. The van der Waals surface area contributed by atoms with Crippen molar-refractivity contribution < 1.29 is 19.4 Å². The number of aromatic nitrogens is 3. The Morgan fingerprint density at radius 2 is 1.69 bits per heavy atom. The van der Waals surface area contributed by atoms with E-state index in [2.05, 4.69) is 0 Å². The number of phenols is 1. The fraction of sp³-hybridized carbons (Fsp3) is 0.462. The number of allylic oxidation sites excluding steroid dienone is 4. The maximum atomic E-state index is 14.1. The molecule has 2 aliphatic carbocycles. The third kappa shape index (κ3) is 2.81. The Kier molecular flexibility index (Phi) is 5.37. The quantitative estimate of drug-likeness (QED) is 0.417. The van der Waals surface area contributed by atoms with Gasteiger partial charge in [-0.1, -0.05) is 19.9 Å². The normalized spacial score (nSPS) is 29.5. The summed E-state index contributed by atoms with van der Waals surface area (Å²) < 4.78 is 9.87. The number of nitrogens with zero attached hydrogens (tertiary/aromatic N) is 3. The highest BCUT2D eigenvalue weighted by Gasteiger charge is 2.66. The van der Waals surface area contributed by atoms with Crippen LogP contribution in [0.5, 0.6) is 11.5 Å². The smallest absolute Gasteiger partial charge is 0.347 e. The van der Waals surface area contributed by atoms with Crippen molar-refractivity contribution in [1.29, 1.82) is 0 Å². The van der Waals surface area contributed by atoms with Crippen LogP contribution in [0.2, 0.25) is 0 Å². The van der Waals surface area contributed by atoms with Crippen LogP contribution in [0.25, 0.3) is 0 Å². The summed E-state index contributed by atoms with van der Waals surface area (Å²) in [4.78, 5) is 54.0. The van der Waals surface area contributed by atoms with Gasteiger partial charge < -0.3 is 9.84 Å². The van der Waals surface area contributed by atoms with E-state index in [4.69, 9.17) is 4.74 Å². The average Bonchev–Trinajstić information content (AvgIpc) is 3.07. The number of fused-ring (bicyclic) bond motifs is 4. The van der Waals surface area contributed by atoms with Gasteiger partial charge in [-0.05, 0) is 77.3 Å². The minimum Gasteiger partial charge on any atom is -0.504 e. The molecule has 4 atom stereocenters. The summed E-state index contributed by atoms with van der Waals surface area (Å²) in [5.41, 5.74) is -0.827. The van der Waals surface area contributed by atoms with Crippen LogP contribution in [0, 0.1) is 14.4 Å².